The summed E-state index contributed by atoms with van der Waals surface area (Å²) in [5.74, 6) is -0.214. The number of amides is 2. The SMILES string of the molecule is CN(C)C(=O)CN(Cc1cc(CO)ccn1)C(=O)OC(C)(C)C. The molecule has 7 nitrogen and oxygen atoms in total. The minimum Gasteiger partial charge on any atom is -0.444 e. The van der Waals surface area contributed by atoms with E-state index in [-0.39, 0.29) is 25.6 Å². The second-order valence-electron chi connectivity index (χ2n) is 6.44. The first kappa shape index (κ1) is 18.9. The fraction of sp³-hybridized carbons (Fsp3) is 0.562. The zero-order valence-electron chi connectivity index (χ0n) is 14.4. The molecule has 1 N–H and O–H groups in total. The predicted molar refractivity (Wildman–Crippen MR) is 85.5 cm³/mol. The molecule has 128 valence electrons. The van der Waals surface area contributed by atoms with E-state index in [0.29, 0.717) is 11.3 Å². The second kappa shape index (κ2) is 7.92. The molecule has 0 unspecified atom stereocenters. The number of hydrogen-bond acceptors (Lipinski definition) is 5. The molecule has 1 aromatic rings. The highest BCUT2D eigenvalue weighted by Crippen LogP contribution is 2.13. The smallest absolute Gasteiger partial charge is 0.411 e. The highest BCUT2D eigenvalue weighted by molar-refractivity contribution is 5.82. The van der Waals surface area contributed by atoms with Crippen LogP contribution in [0.2, 0.25) is 0 Å². The highest BCUT2D eigenvalue weighted by atomic mass is 16.6. The van der Waals surface area contributed by atoms with Gasteiger partial charge in [-0.2, -0.15) is 0 Å². The van der Waals surface area contributed by atoms with Gasteiger partial charge in [0.1, 0.15) is 12.1 Å². The van der Waals surface area contributed by atoms with Gasteiger partial charge in [0.05, 0.1) is 18.8 Å². The van der Waals surface area contributed by atoms with Gasteiger partial charge in [0, 0.05) is 20.3 Å². The maximum Gasteiger partial charge on any atom is 0.411 e. The molecule has 0 aliphatic rings. The quantitative estimate of drug-likeness (QED) is 0.885. The van der Waals surface area contributed by atoms with Crippen molar-refractivity contribution in [3.8, 4) is 0 Å². The van der Waals surface area contributed by atoms with Gasteiger partial charge in [-0.3, -0.25) is 14.7 Å². The Morgan fingerprint density at radius 1 is 1.30 bits per heavy atom. The van der Waals surface area contributed by atoms with Crippen LogP contribution in [0.15, 0.2) is 18.3 Å². The van der Waals surface area contributed by atoms with E-state index in [1.54, 1.807) is 53.2 Å². The monoisotopic (exact) mass is 323 g/mol. The number of aliphatic hydroxyl groups is 1. The van der Waals surface area contributed by atoms with E-state index in [2.05, 4.69) is 4.98 Å². The van der Waals surface area contributed by atoms with Crippen molar-refractivity contribution in [2.24, 2.45) is 0 Å². The van der Waals surface area contributed by atoms with E-state index in [9.17, 15) is 14.7 Å². The summed E-state index contributed by atoms with van der Waals surface area (Å²) >= 11 is 0. The fourth-order valence-corrected chi connectivity index (χ4v) is 1.72. The van der Waals surface area contributed by atoms with E-state index < -0.39 is 11.7 Å². The Balaban J connectivity index is 2.93. The minimum atomic E-state index is -0.656. The molecule has 0 fully saturated rings. The molecular formula is C16H25N3O4. The molecule has 7 heteroatoms. The molecule has 0 aliphatic carbocycles. The molecule has 0 saturated heterocycles. The predicted octanol–water partition coefficient (Wildman–Crippen LogP) is 1.40. The van der Waals surface area contributed by atoms with E-state index in [0.717, 1.165) is 0 Å². The van der Waals surface area contributed by atoms with Gasteiger partial charge in [-0.25, -0.2) is 4.79 Å². The van der Waals surface area contributed by atoms with Crippen molar-refractivity contribution in [3.63, 3.8) is 0 Å². The van der Waals surface area contributed by atoms with Gasteiger partial charge in [0.25, 0.3) is 0 Å². The average Bonchev–Trinajstić information content (AvgIpc) is 2.44. The summed E-state index contributed by atoms with van der Waals surface area (Å²) in [6.07, 6.45) is 0.978. The molecule has 0 bridgehead atoms. The third-order valence-electron chi connectivity index (χ3n) is 2.89. The molecule has 0 spiro atoms. The van der Waals surface area contributed by atoms with Crippen LogP contribution in [0.1, 0.15) is 32.0 Å². The Morgan fingerprint density at radius 3 is 2.48 bits per heavy atom. The van der Waals surface area contributed by atoms with Crippen molar-refractivity contribution in [1.82, 2.24) is 14.8 Å². The number of likely N-dealkylation sites (N-methyl/N-ethyl adjacent to an activating group) is 1. The summed E-state index contributed by atoms with van der Waals surface area (Å²) in [5, 5.41) is 9.18. The Bertz CT molecular complexity index is 553. The van der Waals surface area contributed by atoms with Crippen molar-refractivity contribution in [1.29, 1.82) is 0 Å². The molecule has 23 heavy (non-hydrogen) atoms. The first-order valence-corrected chi connectivity index (χ1v) is 7.35. The molecule has 1 rings (SSSR count). The van der Waals surface area contributed by atoms with Crippen LogP contribution in [0.4, 0.5) is 4.79 Å². The molecule has 0 radical (unpaired) electrons. The summed E-state index contributed by atoms with van der Waals surface area (Å²) in [4.78, 5) is 31.2. The number of pyridine rings is 1. The summed E-state index contributed by atoms with van der Waals surface area (Å²) in [7, 11) is 3.25. The number of nitrogens with zero attached hydrogens (tertiary/aromatic N) is 3. The molecule has 2 amide bonds. The Labute approximate surface area is 136 Å². The molecule has 0 atom stereocenters. The third kappa shape index (κ3) is 6.65. The molecule has 0 aromatic carbocycles. The van der Waals surface area contributed by atoms with Crippen LogP contribution in [0, 0.1) is 0 Å². The van der Waals surface area contributed by atoms with E-state index in [1.807, 2.05) is 0 Å². The van der Waals surface area contributed by atoms with Crippen molar-refractivity contribution >= 4 is 12.0 Å². The van der Waals surface area contributed by atoms with Crippen molar-refractivity contribution in [2.45, 2.75) is 39.5 Å². The van der Waals surface area contributed by atoms with Gasteiger partial charge < -0.3 is 14.7 Å². The van der Waals surface area contributed by atoms with Crippen LogP contribution < -0.4 is 0 Å². The Morgan fingerprint density at radius 2 is 1.96 bits per heavy atom. The van der Waals surface area contributed by atoms with Crippen LogP contribution >= 0.6 is 0 Å². The molecular weight excluding hydrogens is 298 g/mol. The van der Waals surface area contributed by atoms with Gasteiger partial charge in [-0.05, 0) is 38.5 Å². The van der Waals surface area contributed by atoms with Crippen molar-refractivity contribution in [3.05, 3.63) is 29.6 Å². The summed E-state index contributed by atoms with van der Waals surface area (Å²) in [6.45, 7) is 5.21. The van der Waals surface area contributed by atoms with Crippen LogP contribution in [-0.4, -0.2) is 58.1 Å². The maximum atomic E-state index is 12.3. The average molecular weight is 323 g/mol. The summed E-state index contributed by atoms with van der Waals surface area (Å²) in [6, 6.07) is 3.38. The first-order valence-electron chi connectivity index (χ1n) is 7.35. The van der Waals surface area contributed by atoms with E-state index >= 15 is 0 Å². The van der Waals surface area contributed by atoms with Gasteiger partial charge in [-0.1, -0.05) is 0 Å². The zero-order chi connectivity index (χ0) is 17.6. The van der Waals surface area contributed by atoms with Gasteiger partial charge in [0.15, 0.2) is 0 Å². The maximum absolute atomic E-state index is 12.3. The van der Waals surface area contributed by atoms with Crippen molar-refractivity contribution in [2.75, 3.05) is 20.6 Å². The topological polar surface area (TPSA) is 83.0 Å². The van der Waals surface area contributed by atoms with Crippen LogP contribution in [0.5, 0.6) is 0 Å². The van der Waals surface area contributed by atoms with Gasteiger partial charge in [-0.15, -0.1) is 0 Å². The normalized spacial score (nSPS) is 11.0. The largest absolute Gasteiger partial charge is 0.444 e. The van der Waals surface area contributed by atoms with Gasteiger partial charge in [0.2, 0.25) is 5.91 Å². The van der Waals surface area contributed by atoms with Gasteiger partial charge >= 0.3 is 6.09 Å². The number of carbonyl (C=O) groups excluding carboxylic acids is 2. The third-order valence-corrected chi connectivity index (χ3v) is 2.89. The van der Waals surface area contributed by atoms with Crippen molar-refractivity contribution < 1.29 is 19.4 Å². The summed E-state index contributed by atoms with van der Waals surface area (Å²) in [5.41, 5.74) is 0.615. The second-order valence-corrected chi connectivity index (χ2v) is 6.44. The fourth-order valence-electron chi connectivity index (χ4n) is 1.72. The summed E-state index contributed by atoms with van der Waals surface area (Å²) < 4.78 is 5.35. The van der Waals surface area contributed by atoms with E-state index in [4.69, 9.17) is 4.74 Å². The number of ether oxygens (including phenoxy) is 1. The highest BCUT2D eigenvalue weighted by Gasteiger charge is 2.25. The molecule has 0 aliphatic heterocycles. The van der Waals surface area contributed by atoms with E-state index in [1.165, 1.54) is 9.80 Å². The van der Waals surface area contributed by atoms with Crippen LogP contribution in [-0.2, 0) is 22.7 Å². The lowest BCUT2D eigenvalue weighted by molar-refractivity contribution is -0.130. The zero-order valence-corrected chi connectivity index (χ0v) is 14.4. The lowest BCUT2D eigenvalue weighted by Crippen LogP contribution is -2.42. The Hall–Kier alpha value is -2.15. The van der Waals surface area contributed by atoms with Crippen LogP contribution in [0.3, 0.4) is 0 Å². The number of hydrogen-bond donors (Lipinski definition) is 1. The number of aliphatic hydroxyl groups excluding tert-OH is 1. The molecule has 1 heterocycles. The minimum absolute atomic E-state index is 0.104. The van der Waals surface area contributed by atoms with Crippen LogP contribution in [0.25, 0.3) is 0 Å². The number of carbonyl (C=O) groups is 2. The lowest BCUT2D eigenvalue weighted by atomic mass is 10.2. The number of aromatic nitrogens is 1. The first-order chi connectivity index (χ1) is 10.6. The number of rotatable bonds is 5. The standard InChI is InChI=1S/C16H25N3O4/c1-16(2,3)23-15(22)19(10-14(21)18(4)5)9-13-8-12(11-20)6-7-17-13/h6-8,20H,9-11H2,1-5H3. The molecule has 0 saturated carbocycles. The molecule has 1 aromatic heterocycles. The lowest BCUT2D eigenvalue weighted by Gasteiger charge is -2.27. The Kier molecular flexibility index (Phi) is 6.50.